The predicted octanol–water partition coefficient (Wildman–Crippen LogP) is 6.01. The first-order chi connectivity index (χ1) is 9.91. The Labute approximate surface area is 131 Å². The molecule has 0 aromatic carbocycles. The minimum Gasteiger partial charge on any atom is -0.427 e. The molecule has 2 heteroatoms. The van der Waals surface area contributed by atoms with Gasteiger partial charge in [-0.1, -0.05) is 103 Å². The molecule has 0 saturated carbocycles. The van der Waals surface area contributed by atoms with Gasteiger partial charge in [0, 0.05) is 7.11 Å². The highest BCUT2D eigenvalue weighted by Crippen LogP contribution is 2.13. The standard InChI is InChI=1S/C18H40OSi/c1-3-4-5-6-7-8-9-10-11-12-13-14-15-16-17-18-20-19-2/h3-18,20H2,1-2H3. The number of hydrogen-bond donors (Lipinski definition) is 0. The summed E-state index contributed by atoms with van der Waals surface area (Å²) in [5.74, 6) is 0. The van der Waals surface area contributed by atoms with E-state index in [9.17, 15) is 0 Å². The zero-order chi connectivity index (χ0) is 14.7. The van der Waals surface area contributed by atoms with Crippen LogP contribution in [0.1, 0.15) is 103 Å². The third-order valence-corrected chi connectivity index (χ3v) is 5.40. The predicted molar refractivity (Wildman–Crippen MR) is 95.3 cm³/mol. The average Bonchev–Trinajstić information content (AvgIpc) is 2.47. The van der Waals surface area contributed by atoms with E-state index in [2.05, 4.69) is 6.92 Å². The highest BCUT2D eigenvalue weighted by Gasteiger charge is 1.94. The molecular weight excluding hydrogens is 260 g/mol. The zero-order valence-corrected chi connectivity index (χ0v) is 15.8. The van der Waals surface area contributed by atoms with Crippen molar-refractivity contribution >= 4 is 9.76 Å². The summed E-state index contributed by atoms with van der Waals surface area (Å²) >= 11 is 0. The lowest BCUT2D eigenvalue weighted by atomic mass is 10.0. The van der Waals surface area contributed by atoms with Gasteiger partial charge in [-0.2, -0.15) is 0 Å². The monoisotopic (exact) mass is 300 g/mol. The van der Waals surface area contributed by atoms with Crippen LogP contribution < -0.4 is 0 Å². The minimum absolute atomic E-state index is 0.142. The third kappa shape index (κ3) is 18.2. The van der Waals surface area contributed by atoms with Crippen molar-refractivity contribution in [3.8, 4) is 0 Å². The Morgan fingerprint density at radius 3 is 1.25 bits per heavy atom. The summed E-state index contributed by atoms with van der Waals surface area (Å²) in [4.78, 5) is 0. The Bertz CT molecular complexity index is 143. The van der Waals surface area contributed by atoms with Crippen molar-refractivity contribution in [3.05, 3.63) is 0 Å². The van der Waals surface area contributed by atoms with Crippen LogP contribution in [0.3, 0.4) is 0 Å². The van der Waals surface area contributed by atoms with Gasteiger partial charge < -0.3 is 4.43 Å². The summed E-state index contributed by atoms with van der Waals surface area (Å²) in [5.41, 5.74) is 0. The van der Waals surface area contributed by atoms with Gasteiger partial charge in [-0.3, -0.25) is 0 Å². The molecule has 0 aromatic heterocycles. The first-order valence-corrected chi connectivity index (χ1v) is 11.0. The van der Waals surface area contributed by atoms with Crippen molar-refractivity contribution in [1.82, 2.24) is 0 Å². The molecule has 122 valence electrons. The number of rotatable bonds is 17. The maximum absolute atomic E-state index is 5.20. The molecule has 0 aliphatic carbocycles. The van der Waals surface area contributed by atoms with Crippen molar-refractivity contribution in [1.29, 1.82) is 0 Å². The lowest BCUT2D eigenvalue weighted by Gasteiger charge is -2.03. The average molecular weight is 301 g/mol. The maximum atomic E-state index is 5.20. The first-order valence-electron chi connectivity index (χ1n) is 9.40. The maximum Gasteiger partial charge on any atom is 0.161 e. The Morgan fingerprint density at radius 1 is 0.550 bits per heavy atom. The van der Waals surface area contributed by atoms with E-state index in [-0.39, 0.29) is 9.76 Å². The molecule has 0 atom stereocenters. The van der Waals surface area contributed by atoms with Crippen LogP contribution in [0.4, 0.5) is 0 Å². The van der Waals surface area contributed by atoms with Crippen LogP contribution in [0.25, 0.3) is 0 Å². The SMILES string of the molecule is CCCCCCCCCCCCCCCCC[SiH2]OC. The second kappa shape index (κ2) is 19.2. The molecule has 0 aromatic rings. The highest BCUT2D eigenvalue weighted by molar-refractivity contribution is 6.26. The second-order valence-corrected chi connectivity index (χ2v) is 7.99. The normalized spacial score (nSPS) is 11.7. The van der Waals surface area contributed by atoms with Crippen molar-refractivity contribution < 1.29 is 4.43 Å². The Morgan fingerprint density at radius 2 is 0.900 bits per heavy atom. The highest BCUT2D eigenvalue weighted by atomic mass is 28.2. The molecule has 0 fully saturated rings. The van der Waals surface area contributed by atoms with Crippen LogP contribution in [0.15, 0.2) is 0 Å². The van der Waals surface area contributed by atoms with Crippen molar-refractivity contribution in [3.63, 3.8) is 0 Å². The van der Waals surface area contributed by atoms with Crippen molar-refractivity contribution in [2.75, 3.05) is 7.11 Å². The van der Waals surface area contributed by atoms with Gasteiger partial charge >= 0.3 is 0 Å². The summed E-state index contributed by atoms with van der Waals surface area (Å²) < 4.78 is 5.20. The van der Waals surface area contributed by atoms with E-state index in [1.165, 1.54) is 102 Å². The smallest absolute Gasteiger partial charge is 0.161 e. The van der Waals surface area contributed by atoms with E-state index in [1.54, 1.807) is 0 Å². The summed E-state index contributed by atoms with van der Waals surface area (Å²) in [6.45, 7) is 2.29. The van der Waals surface area contributed by atoms with E-state index >= 15 is 0 Å². The Hall–Kier alpha value is 0.177. The van der Waals surface area contributed by atoms with Gasteiger partial charge in [0.1, 0.15) is 0 Å². The molecule has 0 unspecified atom stereocenters. The van der Waals surface area contributed by atoms with E-state index in [4.69, 9.17) is 4.43 Å². The van der Waals surface area contributed by atoms with Crippen LogP contribution in [0, 0.1) is 0 Å². The van der Waals surface area contributed by atoms with Gasteiger partial charge in [-0.25, -0.2) is 0 Å². The molecule has 1 nitrogen and oxygen atoms in total. The molecule has 0 amide bonds. The molecule has 0 saturated heterocycles. The fraction of sp³-hybridized carbons (Fsp3) is 1.00. The van der Waals surface area contributed by atoms with Crippen molar-refractivity contribution in [2.45, 2.75) is 109 Å². The van der Waals surface area contributed by atoms with Gasteiger partial charge in [-0.05, 0) is 6.04 Å². The molecule has 0 spiro atoms. The minimum atomic E-state index is -0.142. The van der Waals surface area contributed by atoms with Gasteiger partial charge in [0.15, 0.2) is 9.76 Å². The first kappa shape index (κ1) is 20.2. The molecule has 0 rings (SSSR count). The Kier molecular flexibility index (Phi) is 19.3. The molecule has 0 bridgehead atoms. The van der Waals surface area contributed by atoms with Gasteiger partial charge in [0.05, 0.1) is 0 Å². The zero-order valence-electron chi connectivity index (χ0n) is 14.4. The fourth-order valence-corrected chi connectivity index (χ4v) is 3.64. The fourth-order valence-electron chi connectivity index (χ4n) is 2.79. The molecule has 0 radical (unpaired) electrons. The third-order valence-electron chi connectivity index (χ3n) is 4.20. The van der Waals surface area contributed by atoms with E-state index in [0.717, 1.165) is 0 Å². The Balaban J connectivity index is 2.89. The van der Waals surface area contributed by atoms with E-state index in [1.807, 2.05) is 7.11 Å². The lowest BCUT2D eigenvalue weighted by molar-refractivity contribution is 0.438. The molecule has 0 heterocycles. The molecule has 0 aliphatic rings. The van der Waals surface area contributed by atoms with E-state index in [0.29, 0.717) is 0 Å². The summed E-state index contributed by atoms with van der Waals surface area (Å²) in [7, 11) is 1.72. The summed E-state index contributed by atoms with van der Waals surface area (Å²) in [5, 5.41) is 0. The molecule has 0 aliphatic heterocycles. The quantitative estimate of drug-likeness (QED) is 0.236. The van der Waals surface area contributed by atoms with Crippen LogP contribution in [-0.2, 0) is 4.43 Å². The molecule has 0 N–H and O–H groups in total. The van der Waals surface area contributed by atoms with E-state index < -0.39 is 0 Å². The van der Waals surface area contributed by atoms with Crippen LogP contribution in [-0.4, -0.2) is 16.9 Å². The summed E-state index contributed by atoms with van der Waals surface area (Å²) in [6, 6.07) is 1.38. The van der Waals surface area contributed by atoms with Gasteiger partial charge in [0.2, 0.25) is 0 Å². The topological polar surface area (TPSA) is 9.23 Å². The van der Waals surface area contributed by atoms with Crippen molar-refractivity contribution in [2.24, 2.45) is 0 Å². The van der Waals surface area contributed by atoms with Gasteiger partial charge in [-0.15, -0.1) is 0 Å². The molecule has 20 heavy (non-hydrogen) atoms. The lowest BCUT2D eigenvalue weighted by Crippen LogP contribution is -1.91. The van der Waals surface area contributed by atoms with Crippen LogP contribution >= 0.6 is 0 Å². The summed E-state index contributed by atoms with van der Waals surface area (Å²) in [6.07, 6.45) is 21.9. The van der Waals surface area contributed by atoms with Crippen LogP contribution in [0.2, 0.25) is 6.04 Å². The largest absolute Gasteiger partial charge is 0.427 e. The second-order valence-electron chi connectivity index (χ2n) is 6.30. The molecular formula is C18H40OSi. The van der Waals surface area contributed by atoms with Crippen LogP contribution in [0.5, 0.6) is 0 Å². The number of unbranched alkanes of at least 4 members (excludes halogenated alkanes) is 14. The van der Waals surface area contributed by atoms with Gasteiger partial charge in [0.25, 0.3) is 0 Å². The number of hydrogen-bond acceptors (Lipinski definition) is 1.